The third-order valence-electron chi connectivity index (χ3n) is 3.23. The molecule has 0 aliphatic rings. The second-order valence-electron chi connectivity index (χ2n) is 5.21. The van der Waals surface area contributed by atoms with Crippen LogP contribution >= 0.6 is 11.3 Å². The predicted molar refractivity (Wildman–Crippen MR) is 86.8 cm³/mol. The maximum atomic E-state index is 12.5. The highest BCUT2D eigenvalue weighted by atomic mass is 32.1. The number of nitrogens with one attached hydrogen (secondary N) is 1. The third kappa shape index (κ3) is 3.76. The van der Waals surface area contributed by atoms with Gasteiger partial charge in [0.15, 0.2) is 0 Å². The molecule has 0 fully saturated rings. The van der Waals surface area contributed by atoms with Gasteiger partial charge in [-0.25, -0.2) is 0 Å². The van der Waals surface area contributed by atoms with E-state index >= 15 is 0 Å². The van der Waals surface area contributed by atoms with E-state index in [1.54, 1.807) is 36.6 Å². The lowest BCUT2D eigenvalue weighted by Crippen LogP contribution is -2.31. The van der Waals surface area contributed by atoms with Crippen LogP contribution in [0.1, 0.15) is 35.1 Å². The van der Waals surface area contributed by atoms with E-state index in [4.69, 9.17) is 10.5 Å². The minimum absolute atomic E-state index is 0.00933. The molecule has 5 heteroatoms. The van der Waals surface area contributed by atoms with Gasteiger partial charge in [-0.15, -0.1) is 11.3 Å². The summed E-state index contributed by atoms with van der Waals surface area (Å²) in [5, 5.41) is 5.09. The second-order valence-corrected chi connectivity index (χ2v) is 6.18. The van der Waals surface area contributed by atoms with Gasteiger partial charge in [-0.2, -0.15) is 0 Å². The van der Waals surface area contributed by atoms with Gasteiger partial charge in [0.25, 0.3) is 5.91 Å². The van der Waals surface area contributed by atoms with Crippen LogP contribution in [0.5, 0.6) is 5.75 Å². The van der Waals surface area contributed by atoms with E-state index in [0.717, 1.165) is 4.88 Å². The van der Waals surface area contributed by atoms with Crippen molar-refractivity contribution in [3.8, 4) is 5.75 Å². The molecule has 0 aliphatic carbocycles. The summed E-state index contributed by atoms with van der Waals surface area (Å²) in [6.07, 6.45) is 0. The Morgan fingerprint density at radius 1 is 1.33 bits per heavy atom. The summed E-state index contributed by atoms with van der Waals surface area (Å²) >= 11 is 1.64. The van der Waals surface area contributed by atoms with Crippen molar-refractivity contribution in [3.63, 3.8) is 0 Å². The number of benzene rings is 1. The molecular formula is C16H20N2O2S. The van der Waals surface area contributed by atoms with Crippen molar-refractivity contribution in [1.82, 2.24) is 5.32 Å². The van der Waals surface area contributed by atoms with Crippen LogP contribution < -0.4 is 15.8 Å². The Morgan fingerprint density at radius 3 is 2.67 bits per heavy atom. The molecule has 0 bridgehead atoms. The molecule has 0 saturated carbocycles. The average molecular weight is 304 g/mol. The smallest absolute Gasteiger partial charge is 0.252 e. The Kier molecular flexibility index (Phi) is 4.85. The Morgan fingerprint density at radius 2 is 2.10 bits per heavy atom. The van der Waals surface area contributed by atoms with Gasteiger partial charge in [-0.3, -0.25) is 4.79 Å². The summed E-state index contributed by atoms with van der Waals surface area (Å²) in [6, 6.07) is 9.06. The lowest BCUT2D eigenvalue weighted by atomic mass is 10.0. The van der Waals surface area contributed by atoms with E-state index in [1.165, 1.54) is 0 Å². The molecule has 0 radical (unpaired) electrons. The Balaban J connectivity index is 2.21. The first-order valence-electron chi connectivity index (χ1n) is 6.80. The van der Waals surface area contributed by atoms with Crippen LogP contribution in [0.4, 0.5) is 5.69 Å². The molecular weight excluding hydrogens is 284 g/mol. The minimum atomic E-state index is -0.146. The van der Waals surface area contributed by atoms with Gasteiger partial charge >= 0.3 is 0 Å². The normalized spacial score (nSPS) is 12.2. The van der Waals surface area contributed by atoms with Gasteiger partial charge in [-0.1, -0.05) is 19.9 Å². The van der Waals surface area contributed by atoms with Gasteiger partial charge in [0, 0.05) is 22.2 Å². The van der Waals surface area contributed by atoms with Crippen molar-refractivity contribution in [1.29, 1.82) is 0 Å². The zero-order valence-electron chi connectivity index (χ0n) is 12.4. The number of nitrogens with two attached hydrogens (primary N) is 1. The van der Waals surface area contributed by atoms with Crippen molar-refractivity contribution < 1.29 is 9.53 Å². The lowest BCUT2D eigenvalue weighted by Gasteiger charge is -2.21. The number of amides is 1. The highest BCUT2D eigenvalue weighted by Crippen LogP contribution is 2.27. The van der Waals surface area contributed by atoms with Crippen molar-refractivity contribution >= 4 is 22.9 Å². The average Bonchev–Trinajstić information content (AvgIpc) is 2.97. The summed E-state index contributed by atoms with van der Waals surface area (Å²) in [6.45, 7) is 4.18. The van der Waals surface area contributed by atoms with Crippen LogP contribution in [0.15, 0.2) is 35.7 Å². The maximum Gasteiger partial charge on any atom is 0.252 e. The van der Waals surface area contributed by atoms with E-state index in [2.05, 4.69) is 19.2 Å². The monoisotopic (exact) mass is 304 g/mol. The molecule has 0 aliphatic heterocycles. The predicted octanol–water partition coefficient (Wildman–Crippen LogP) is 3.47. The Hall–Kier alpha value is -2.01. The number of ether oxygens (including phenoxy) is 1. The molecule has 1 unspecified atom stereocenters. The number of anilines is 1. The minimum Gasteiger partial charge on any atom is -0.497 e. The fourth-order valence-corrected chi connectivity index (χ4v) is 3.08. The van der Waals surface area contributed by atoms with Gasteiger partial charge in [0.1, 0.15) is 5.75 Å². The lowest BCUT2D eigenvalue weighted by molar-refractivity contribution is 0.0926. The summed E-state index contributed by atoms with van der Waals surface area (Å²) in [5.74, 6) is 0.737. The SMILES string of the molecule is COc1cc(N)cc(C(=O)NC(c2cccs2)C(C)C)c1. The Labute approximate surface area is 128 Å². The molecule has 4 nitrogen and oxygen atoms in total. The summed E-state index contributed by atoms with van der Waals surface area (Å²) in [5.41, 5.74) is 6.82. The highest BCUT2D eigenvalue weighted by Gasteiger charge is 2.20. The topological polar surface area (TPSA) is 64.3 Å². The summed E-state index contributed by atoms with van der Waals surface area (Å²) < 4.78 is 5.15. The van der Waals surface area contributed by atoms with Crippen LogP contribution in [0.3, 0.4) is 0 Å². The molecule has 0 saturated heterocycles. The summed E-state index contributed by atoms with van der Waals surface area (Å²) in [7, 11) is 1.55. The molecule has 2 rings (SSSR count). The molecule has 112 valence electrons. The largest absolute Gasteiger partial charge is 0.497 e. The van der Waals surface area contributed by atoms with E-state index in [0.29, 0.717) is 22.9 Å². The van der Waals surface area contributed by atoms with Crippen molar-refractivity contribution in [2.45, 2.75) is 19.9 Å². The van der Waals surface area contributed by atoms with Crippen LogP contribution in [-0.4, -0.2) is 13.0 Å². The third-order valence-corrected chi connectivity index (χ3v) is 4.19. The number of thiophene rings is 1. The number of hydrogen-bond acceptors (Lipinski definition) is 4. The first-order valence-corrected chi connectivity index (χ1v) is 7.68. The molecule has 1 aromatic carbocycles. The fourth-order valence-electron chi connectivity index (χ4n) is 2.13. The number of carbonyl (C=O) groups is 1. The quantitative estimate of drug-likeness (QED) is 0.831. The maximum absolute atomic E-state index is 12.5. The van der Waals surface area contributed by atoms with Gasteiger partial charge in [-0.05, 0) is 29.5 Å². The van der Waals surface area contributed by atoms with E-state index in [-0.39, 0.29) is 11.9 Å². The number of nitrogen functional groups attached to an aromatic ring is 1. The first-order chi connectivity index (χ1) is 10.0. The zero-order valence-corrected chi connectivity index (χ0v) is 13.2. The van der Waals surface area contributed by atoms with Crippen LogP contribution in [0.2, 0.25) is 0 Å². The second kappa shape index (κ2) is 6.63. The number of rotatable bonds is 5. The van der Waals surface area contributed by atoms with Crippen molar-refractivity contribution in [2.24, 2.45) is 5.92 Å². The van der Waals surface area contributed by atoms with Crippen molar-refractivity contribution in [2.75, 3.05) is 12.8 Å². The standard InChI is InChI=1S/C16H20N2O2S/c1-10(2)15(14-5-4-6-21-14)18-16(19)11-7-12(17)9-13(8-11)20-3/h4-10,15H,17H2,1-3H3,(H,18,19). The van der Waals surface area contributed by atoms with Crippen LogP contribution in [0.25, 0.3) is 0 Å². The molecule has 1 heterocycles. The van der Waals surface area contributed by atoms with Gasteiger partial charge in [0.05, 0.1) is 13.2 Å². The van der Waals surface area contributed by atoms with Gasteiger partial charge in [0.2, 0.25) is 0 Å². The van der Waals surface area contributed by atoms with E-state index in [9.17, 15) is 4.79 Å². The number of methoxy groups -OCH3 is 1. The fraction of sp³-hybridized carbons (Fsp3) is 0.312. The number of carbonyl (C=O) groups excluding carboxylic acids is 1. The van der Waals surface area contributed by atoms with Crippen LogP contribution in [0, 0.1) is 5.92 Å². The number of hydrogen-bond donors (Lipinski definition) is 2. The molecule has 1 atom stereocenters. The molecule has 3 N–H and O–H groups in total. The molecule has 0 spiro atoms. The molecule has 21 heavy (non-hydrogen) atoms. The molecule has 1 aromatic heterocycles. The molecule has 1 amide bonds. The van der Waals surface area contributed by atoms with Gasteiger partial charge < -0.3 is 15.8 Å². The zero-order chi connectivity index (χ0) is 15.4. The molecule has 2 aromatic rings. The van der Waals surface area contributed by atoms with E-state index < -0.39 is 0 Å². The van der Waals surface area contributed by atoms with Crippen LogP contribution in [-0.2, 0) is 0 Å². The first kappa shape index (κ1) is 15.4. The van der Waals surface area contributed by atoms with E-state index in [1.807, 2.05) is 17.5 Å². The highest BCUT2D eigenvalue weighted by molar-refractivity contribution is 7.10. The Bertz CT molecular complexity index is 609. The summed E-state index contributed by atoms with van der Waals surface area (Å²) in [4.78, 5) is 13.6. The van der Waals surface area contributed by atoms with Crippen molar-refractivity contribution in [3.05, 3.63) is 46.2 Å².